The van der Waals surface area contributed by atoms with E-state index >= 15 is 0 Å². The van der Waals surface area contributed by atoms with Crippen LogP contribution < -0.4 is 5.32 Å². The first-order valence-corrected chi connectivity index (χ1v) is 5.33. The van der Waals surface area contributed by atoms with Crippen LogP contribution in [0.2, 0.25) is 0 Å². The van der Waals surface area contributed by atoms with Gasteiger partial charge in [-0.3, -0.25) is 4.98 Å². The number of nitrogens with one attached hydrogen (secondary N) is 1. The molecule has 0 unspecified atom stereocenters. The summed E-state index contributed by atoms with van der Waals surface area (Å²) in [4.78, 5) is 8.12. The van der Waals surface area contributed by atoms with E-state index in [0.29, 0.717) is 11.5 Å². The third-order valence-corrected chi connectivity index (χ3v) is 2.11. The van der Waals surface area contributed by atoms with Gasteiger partial charge in [-0.2, -0.15) is 0 Å². The summed E-state index contributed by atoms with van der Waals surface area (Å²) in [6.07, 6.45) is 6.02. The molecule has 0 aliphatic carbocycles. The van der Waals surface area contributed by atoms with Crippen molar-refractivity contribution in [2.45, 2.75) is 19.9 Å². The Bertz CT molecular complexity index is 427. The summed E-state index contributed by atoms with van der Waals surface area (Å²) in [6, 6.07) is 1.88. The quantitative estimate of drug-likeness (QED) is 0.773. The molecule has 1 N–H and O–H groups in total. The highest BCUT2D eigenvalue weighted by molar-refractivity contribution is 5.49. The summed E-state index contributed by atoms with van der Waals surface area (Å²) < 4.78 is 5.19. The normalized spacial score (nSPS) is 10.6. The highest BCUT2D eigenvalue weighted by Crippen LogP contribution is 2.16. The van der Waals surface area contributed by atoms with E-state index in [-0.39, 0.29) is 0 Å². The maximum absolute atomic E-state index is 5.19. The van der Waals surface area contributed by atoms with Crippen molar-refractivity contribution in [2.24, 2.45) is 0 Å². The predicted molar refractivity (Wildman–Crippen MR) is 59.5 cm³/mol. The topological polar surface area (TPSA) is 63.8 Å². The molecule has 0 atom stereocenters. The first-order chi connectivity index (χ1) is 7.90. The molecule has 2 aromatic heterocycles. The highest BCUT2D eigenvalue weighted by Gasteiger charge is 2.06. The lowest BCUT2D eigenvalue weighted by atomic mass is 10.3. The average Bonchev–Trinajstić information content (AvgIpc) is 2.79. The molecular formula is C11H14N4O. The molecule has 0 radical (unpaired) electrons. The van der Waals surface area contributed by atoms with E-state index in [0.717, 1.165) is 25.2 Å². The summed E-state index contributed by atoms with van der Waals surface area (Å²) in [7, 11) is 0. The van der Waals surface area contributed by atoms with Gasteiger partial charge in [0.15, 0.2) is 5.76 Å². The van der Waals surface area contributed by atoms with E-state index in [1.165, 1.54) is 0 Å². The standard InChI is InChI=1S/C11H14N4O/c1-2-3-12-7-9-6-11(16-15-9)10-8-13-4-5-14-10/h4-6,8,12H,2-3,7H2,1H3. The Morgan fingerprint density at radius 3 is 3.06 bits per heavy atom. The third-order valence-electron chi connectivity index (χ3n) is 2.11. The fraction of sp³-hybridized carbons (Fsp3) is 0.364. The summed E-state index contributed by atoms with van der Waals surface area (Å²) in [6.45, 7) is 3.83. The fourth-order valence-corrected chi connectivity index (χ4v) is 1.34. The zero-order valence-electron chi connectivity index (χ0n) is 9.18. The van der Waals surface area contributed by atoms with Gasteiger partial charge in [0.05, 0.1) is 11.9 Å². The minimum Gasteiger partial charge on any atom is -0.354 e. The Morgan fingerprint density at radius 1 is 1.38 bits per heavy atom. The van der Waals surface area contributed by atoms with E-state index in [4.69, 9.17) is 4.52 Å². The lowest BCUT2D eigenvalue weighted by Gasteiger charge is -1.96. The third kappa shape index (κ3) is 2.64. The molecule has 2 rings (SSSR count). The van der Waals surface area contributed by atoms with Gasteiger partial charge in [0.25, 0.3) is 0 Å². The van der Waals surface area contributed by atoms with Gasteiger partial charge in [0.1, 0.15) is 5.69 Å². The number of aromatic nitrogens is 3. The van der Waals surface area contributed by atoms with Crippen molar-refractivity contribution in [1.82, 2.24) is 20.4 Å². The van der Waals surface area contributed by atoms with Crippen LogP contribution in [0.25, 0.3) is 11.5 Å². The Kier molecular flexibility index (Phi) is 3.61. The van der Waals surface area contributed by atoms with Crippen molar-refractivity contribution in [3.8, 4) is 11.5 Å². The second-order valence-electron chi connectivity index (χ2n) is 3.45. The Labute approximate surface area is 93.9 Å². The molecular weight excluding hydrogens is 204 g/mol. The molecule has 0 aliphatic heterocycles. The number of rotatable bonds is 5. The van der Waals surface area contributed by atoms with Gasteiger partial charge in [-0.25, -0.2) is 4.98 Å². The Hall–Kier alpha value is -1.75. The molecule has 0 bridgehead atoms. The van der Waals surface area contributed by atoms with Crippen molar-refractivity contribution >= 4 is 0 Å². The van der Waals surface area contributed by atoms with Crippen molar-refractivity contribution in [1.29, 1.82) is 0 Å². The van der Waals surface area contributed by atoms with Crippen LogP contribution in [-0.4, -0.2) is 21.7 Å². The molecule has 0 saturated carbocycles. The number of hydrogen-bond donors (Lipinski definition) is 1. The van der Waals surface area contributed by atoms with Gasteiger partial charge in [0.2, 0.25) is 0 Å². The van der Waals surface area contributed by atoms with Crippen LogP contribution >= 0.6 is 0 Å². The summed E-state index contributed by atoms with van der Waals surface area (Å²) in [5.74, 6) is 0.654. The molecule has 2 heterocycles. The predicted octanol–water partition coefficient (Wildman–Crippen LogP) is 1.63. The van der Waals surface area contributed by atoms with Crippen LogP contribution in [0.4, 0.5) is 0 Å². The van der Waals surface area contributed by atoms with E-state index in [1.807, 2.05) is 6.07 Å². The van der Waals surface area contributed by atoms with Crippen LogP contribution in [0.5, 0.6) is 0 Å². The SMILES string of the molecule is CCCNCc1cc(-c2cnccn2)on1. The number of nitrogens with zero attached hydrogens (tertiary/aromatic N) is 3. The lowest BCUT2D eigenvalue weighted by molar-refractivity contribution is 0.419. The molecule has 0 aliphatic rings. The molecule has 16 heavy (non-hydrogen) atoms. The summed E-state index contributed by atoms with van der Waals surface area (Å²) in [5.41, 5.74) is 1.59. The van der Waals surface area contributed by atoms with Crippen LogP contribution in [0.3, 0.4) is 0 Å². The van der Waals surface area contributed by atoms with Crippen molar-refractivity contribution in [2.75, 3.05) is 6.54 Å². The minimum absolute atomic E-state index is 0.654. The molecule has 0 fully saturated rings. The van der Waals surface area contributed by atoms with Gasteiger partial charge < -0.3 is 9.84 Å². The van der Waals surface area contributed by atoms with E-state index < -0.39 is 0 Å². The van der Waals surface area contributed by atoms with Crippen LogP contribution in [0.1, 0.15) is 19.0 Å². The molecule has 0 aromatic carbocycles. The van der Waals surface area contributed by atoms with Gasteiger partial charge in [-0.15, -0.1) is 0 Å². The molecule has 0 spiro atoms. The van der Waals surface area contributed by atoms with Crippen molar-refractivity contribution < 1.29 is 4.52 Å². The van der Waals surface area contributed by atoms with Gasteiger partial charge in [-0.05, 0) is 13.0 Å². The van der Waals surface area contributed by atoms with E-state index in [2.05, 4.69) is 27.4 Å². The first kappa shape index (κ1) is 10.8. The minimum atomic E-state index is 0.654. The highest BCUT2D eigenvalue weighted by atomic mass is 16.5. The van der Waals surface area contributed by atoms with E-state index in [9.17, 15) is 0 Å². The van der Waals surface area contributed by atoms with Crippen LogP contribution in [-0.2, 0) is 6.54 Å². The number of hydrogen-bond acceptors (Lipinski definition) is 5. The second kappa shape index (κ2) is 5.37. The molecule has 0 amide bonds. The first-order valence-electron chi connectivity index (χ1n) is 5.33. The van der Waals surface area contributed by atoms with Crippen LogP contribution in [0.15, 0.2) is 29.2 Å². The molecule has 84 valence electrons. The van der Waals surface area contributed by atoms with Gasteiger partial charge in [-0.1, -0.05) is 12.1 Å². The average molecular weight is 218 g/mol. The summed E-state index contributed by atoms with van der Waals surface area (Å²) >= 11 is 0. The second-order valence-corrected chi connectivity index (χ2v) is 3.45. The van der Waals surface area contributed by atoms with E-state index in [1.54, 1.807) is 18.6 Å². The maximum Gasteiger partial charge on any atom is 0.187 e. The van der Waals surface area contributed by atoms with Gasteiger partial charge >= 0.3 is 0 Å². The molecule has 5 heteroatoms. The zero-order valence-corrected chi connectivity index (χ0v) is 9.18. The van der Waals surface area contributed by atoms with Crippen molar-refractivity contribution in [3.63, 3.8) is 0 Å². The molecule has 5 nitrogen and oxygen atoms in total. The Morgan fingerprint density at radius 2 is 2.31 bits per heavy atom. The Balaban J connectivity index is 2.02. The fourth-order valence-electron chi connectivity index (χ4n) is 1.34. The largest absolute Gasteiger partial charge is 0.354 e. The lowest BCUT2D eigenvalue weighted by Crippen LogP contribution is -2.13. The molecule has 2 aromatic rings. The summed E-state index contributed by atoms with van der Waals surface area (Å²) in [5, 5.41) is 7.22. The molecule has 0 saturated heterocycles. The van der Waals surface area contributed by atoms with Crippen molar-refractivity contribution in [3.05, 3.63) is 30.4 Å². The van der Waals surface area contributed by atoms with Crippen LogP contribution in [0, 0.1) is 0 Å². The monoisotopic (exact) mass is 218 g/mol. The maximum atomic E-state index is 5.19. The zero-order chi connectivity index (χ0) is 11.2. The smallest absolute Gasteiger partial charge is 0.187 e. The van der Waals surface area contributed by atoms with Gasteiger partial charge in [0, 0.05) is 25.0 Å².